The molecule has 0 aliphatic carbocycles. The number of halogens is 1. The van der Waals surface area contributed by atoms with Crippen molar-refractivity contribution >= 4 is 0 Å². The van der Waals surface area contributed by atoms with Gasteiger partial charge in [-0.25, -0.2) is 9.37 Å². The number of aromatic nitrogens is 5. The molecule has 0 amide bonds. The van der Waals surface area contributed by atoms with E-state index in [9.17, 15) is 9.50 Å². The van der Waals surface area contributed by atoms with Crippen LogP contribution in [0.2, 0.25) is 0 Å². The second kappa shape index (κ2) is 7.32. The lowest BCUT2D eigenvalue weighted by Gasteiger charge is -2.48. The molecular formula is C21H25FN6O2. The van der Waals surface area contributed by atoms with E-state index < -0.39 is 17.8 Å². The Morgan fingerprint density at radius 2 is 1.93 bits per heavy atom. The Bertz CT molecular complexity index is 1020. The number of H-pyrrole nitrogens is 1. The predicted molar refractivity (Wildman–Crippen MR) is 110 cm³/mol. The molecule has 0 spiro atoms. The third-order valence-corrected chi connectivity index (χ3v) is 5.24. The van der Waals surface area contributed by atoms with Crippen molar-refractivity contribution in [2.45, 2.75) is 57.5 Å². The quantitative estimate of drug-likeness (QED) is 0.603. The molecule has 1 fully saturated rings. The number of ether oxygens (including phenoxy) is 1. The fourth-order valence-electron chi connectivity index (χ4n) is 4.05. The van der Waals surface area contributed by atoms with E-state index in [1.807, 2.05) is 27.7 Å². The molecule has 0 saturated carbocycles. The first-order valence-corrected chi connectivity index (χ1v) is 9.77. The molecule has 3 N–H and O–H groups in total. The van der Waals surface area contributed by atoms with Gasteiger partial charge in [0.1, 0.15) is 23.2 Å². The minimum Gasteiger partial charge on any atom is -0.506 e. The topological polar surface area (TPSA) is 109 Å². The molecule has 8 nitrogen and oxygen atoms in total. The van der Waals surface area contributed by atoms with Crippen LogP contribution in [0.4, 0.5) is 4.39 Å². The van der Waals surface area contributed by atoms with Crippen LogP contribution in [-0.2, 0) is 0 Å². The number of nitrogens with one attached hydrogen (secondary N) is 2. The van der Waals surface area contributed by atoms with Crippen molar-refractivity contribution in [3.8, 4) is 34.1 Å². The molecule has 3 aromatic heterocycles. The number of pyridine rings is 1. The minimum atomic E-state index is -1.20. The summed E-state index contributed by atoms with van der Waals surface area (Å²) in [6, 6.07) is 4.85. The highest BCUT2D eigenvalue weighted by atomic mass is 19.1. The Morgan fingerprint density at radius 1 is 1.13 bits per heavy atom. The molecule has 30 heavy (non-hydrogen) atoms. The van der Waals surface area contributed by atoms with Crippen LogP contribution in [0.3, 0.4) is 0 Å². The number of hydrogen-bond donors (Lipinski definition) is 3. The summed E-state index contributed by atoms with van der Waals surface area (Å²) in [7, 11) is 0. The molecule has 2 atom stereocenters. The van der Waals surface area contributed by atoms with Crippen molar-refractivity contribution < 1.29 is 14.2 Å². The van der Waals surface area contributed by atoms with Crippen LogP contribution in [-0.4, -0.2) is 53.8 Å². The van der Waals surface area contributed by atoms with E-state index in [0.717, 1.165) is 11.1 Å². The van der Waals surface area contributed by atoms with Crippen molar-refractivity contribution in [3.63, 3.8) is 0 Å². The third-order valence-electron chi connectivity index (χ3n) is 5.24. The van der Waals surface area contributed by atoms with Gasteiger partial charge in [0, 0.05) is 47.1 Å². The monoisotopic (exact) mass is 412 g/mol. The number of aromatic hydroxyl groups is 1. The first-order valence-electron chi connectivity index (χ1n) is 9.77. The van der Waals surface area contributed by atoms with Crippen LogP contribution in [0.5, 0.6) is 11.6 Å². The van der Waals surface area contributed by atoms with Crippen LogP contribution in [0, 0.1) is 0 Å². The smallest absolute Gasteiger partial charge is 0.233 e. The van der Waals surface area contributed by atoms with Crippen LogP contribution in [0.1, 0.15) is 34.1 Å². The van der Waals surface area contributed by atoms with Gasteiger partial charge in [-0.05, 0) is 39.8 Å². The minimum absolute atomic E-state index is 0.0256. The Hall–Kier alpha value is -3.07. The second-order valence-electron chi connectivity index (χ2n) is 8.83. The van der Waals surface area contributed by atoms with Crippen molar-refractivity contribution in [2.24, 2.45) is 0 Å². The number of aromatic amines is 1. The molecule has 0 bridgehead atoms. The lowest BCUT2D eigenvalue weighted by Crippen LogP contribution is -2.66. The Morgan fingerprint density at radius 3 is 2.57 bits per heavy atom. The summed E-state index contributed by atoms with van der Waals surface area (Å²) in [6.45, 7) is 7.69. The van der Waals surface area contributed by atoms with Gasteiger partial charge in [0.15, 0.2) is 6.17 Å². The van der Waals surface area contributed by atoms with Crippen molar-refractivity contribution in [3.05, 3.63) is 36.8 Å². The molecule has 1 aliphatic rings. The van der Waals surface area contributed by atoms with E-state index in [1.54, 1.807) is 36.8 Å². The SMILES string of the molecule is CC1(C)C[C@H](Oc2ccc(-c3ncc(-c4cn[nH]c4)cc3O)nn2)[C@@H](F)C(C)(C)N1. The van der Waals surface area contributed by atoms with Gasteiger partial charge in [0.05, 0.1) is 6.20 Å². The number of rotatable bonds is 4. The van der Waals surface area contributed by atoms with Crippen LogP contribution in [0.15, 0.2) is 36.8 Å². The molecule has 0 aromatic carbocycles. The molecule has 0 radical (unpaired) electrons. The summed E-state index contributed by atoms with van der Waals surface area (Å²) in [5.74, 6) is 0.205. The maximum atomic E-state index is 14.9. The molecule has 158 valence electrons. The van der Waals surface area contributed by atoms with Crippen molar-refractivity contribution in [1.29, 1.82) is 0 Å². The number of nitrogens with zero attached hydrogens (tertiary/aromatic N) is 4. The molecular weight excluding hydrogens is 387 g/mol. The lowest BCUT2D eigenvalue weighted by molar-refractivity contribution is -0.0281. The molecule has 3 aromatic rings. The Labute approximate surface area is 173 Å². The fraction of sp³-hybridized carbons (Fsp3) is 0.429. The van der Waals surface area contributed by atoms with E-state index in [1.165, 1.54) is 0 Å². The lowest BCUT2D eigenvalue weighted by atomic mass is 9.79. The van der Waals surface area contributed by atoms with Crippen LogP contribution >= 0.6 is 0 Å². The van der Waals surface area contributed by atoms with Crippen LogP contribution in [0.25, 0.3) is 22.5 Å². The predicted octanol–water partition coefficient (Wildman–Crippen LogP) is 3.27. The zero-order valence-corrected chi connectivity index (χ0v) is 17.3. The Balaban J connectivity index is 1.52. The average molecular weight is 412 g/mol. The highest BCUT2D eigenvalue weighted by molar-refractivity contribution is 5.69. The summed E-state index contributed by atoms with van der Waals surface area (Å²) < 4.78 is 20.8. The van der Waals surface area contributed by atoms with Gasteiger partial charge in [-0.15, -0.1) is 10.2 Å². The number of hydrogen-bond acceptors (Lipinski definition) is 7. The third kappa shape index (κ3) is 3.97. The average Bonchev–Trinajstić information content (AvgIpc) is 3.20. The molecule has 4 rings (SSSR count). The first-order chi connectivity index (χ1) is 14.1. The highest BCUT2D eigenvalue weighted by Gasteiger charge is 2.47. The number of piperidine rings is 1. The van der Waals surface area contributed by atoms with Gasteiger partial charge >= 0.3 is 0 Å². The molecule has 9 heteroatoms. The number of alkyl halides is 1. The summed E-state index contributed by atoms with van der Waals surface area (Å²) in [4.78, 5) is 4.30. The molecule has 0 unspecified atom stereocenters. The summed E-state index contributed by atoms with van der Waals surface area (Å²) in [5, 5.41) is 28.5. The zero-order valence-electron chi connectivity index (χ0n) is 17.3. The first kappa shape index (κ1) is 20.2. The summed E-state index contributed by atoms with van der Waals surface area (Å²) in [6.07, 6.45) is 3.63. The van der Waals surface area contributed by atoms with Crippen molar-refractivity contribution in [2.75, 3.05) is 0 Å². The van der Waals surface area contributed by atoms with Gasteiger partial charge < -0.3 is 15.2 Å². The fourth-order valence-corrected chi connectivity index (χ4v) is 4.05. The van der Waals surface area contributed by atoms with Gasteiger partial charge in [-0.1, -0.05) is 0 Å². The van der Waals surface area contributed by atoms with E-state index >= 15 is 0 Å². The van der Waals surface area contributed by atoms with Gasteiger partial charge in [0.25, 0.3) is 0 Å². The van der Waals surface area contributed by atoms with E-state index in [2.05, 4.69) is 30.7 Å². The van der Waals surface area contributed by atoms with Gasteiger partial charge in [-0.2, -0.15) is 5.10 Å². The van der Waals surface area contributed by atoms with E-state index in [0.29, 0.717) is 17.8 Å². The molecule has 4 heterocycles. The van der Waals surface area contributed by atoms with Gasteiger partial charge in [0.2, 0.25) is 5.88 Å². The van der Waals surface area contributed by atoms with E-state index in [4.69, 9.17) is 4.74 Å². The maximum Gasteiger partial charge on any atom is 0.233 e. The Kier molecular flexibility index (Phi) is 4.93. The van der Waals surface area contributed by atoms with Crippen LogP contribution < -0.4 is 10.1 Å². The zero-order chi connectivity index (χ0) is 21.5. The molecule has 1 aliphatic heterocycles. The largest absolute Gasteiger partial charge is 0.506 e. The summed E-state index contributed by atoms with van der Waals surface area (Å²) >= 11 is 0. The normalized spacial score (nSPS) is 22.6. The summed E-state index contributed by atoms with van der Waals surface area (Å²) in [5.41, 5.74) is 1.24. The molecule has 1 saturated heterocycles. The highest BCUT2D eigenvalue weighted by Crippen LogP contribution is 2.34. The second-order valence-corrected chi connectivity index (χ2v) is 8.83. The van der Waals surface area contributed by atoms with Gasteiger partial charge in [-0.3, -0.25) is 5.10 Å². The van der Waals surface area contributed by atoms with E-state index in [-0.39, 0.29) is 17.2 Å². The van der Waals surface area contributed by atoms with Crippen molar-refractivity contribution in [1.82, 2.24) is 30.7 Å². The standard InChI is InChI=1S/C21H25FN6O2/c1-20(2)8-16(19(22)21(3,4)28-20)30-17-6-5-14(26-27-17)18-15(29)7-12(9-23-18)13-10-24-25-11-13/h5-7,9-11,16,19,28-29H,8H2,1-4H3,(H,24,25)/t16-,19+/m0/s1. The maximum absolute atomic E-state index is 14.9.